The van der Waals surface area contributed by atoms with E-state index in [1.165, 1.54) is 0 Å². The molecule has 3 N–H and O–H groups in total. The Morgan fingerprint density at radius 3 is 2.82 bits per heavy atom. The first-order chi connectivity index (χ1) is 8.08. The van der Waals surface area contributed by atoms with Gasteiger partial charge < -0.3 is 11.1 Å². The highest BCUT2D eigenvalue weighted by Gasteiger charge is 2.08. The summed E-state index contributed by atoms with van der Waals surface area (Å²) in [5, 5.41) is 2.73. The van der Waals surface area contributed by atoms with Gasteiger partial charge in [-0.1, -0.05) is 17.7 Å². The zero-order chi connectivity index (χ0) is 12.4. The summed E-state index contributed by atoms with van der Waals surface area (Å²) >= 11 is 5.72. The van der Waals surface area contributed by atoms with Crippen molar-refractivity contribution in [1.29, 1.82) is 0 Å². The van der Waals surface area contributed by atoms with E-state index < -0.39 is 5.95 Å². The third-order valence-electron chi connectivity index (χ3n) is 2.29. The molecule has 0 amide bonds. The summed E-state index contributed by atoms with van der Waals surface area (Å²) in [5.41, 5.74) is 8.06. The van der Waals surface area contributed by atoms with Crippen LogP contribution in [0, 0.1) is 12.9 Å². The van der Waals surface area contributed by atoms with Gasteiger partial charge in [0.2, 0.25) is 5.95 Å². The molecule has 0 aliphatic heterocycles. The molecule has 0 aliphatic carbocycles. The van der Waals surface area contributed by atoms with E-state index in [9.17, 15) is 4.39 Å². The number of nitrogens with one attached hydrogen (secondary N) is 1. The lowest BCUT2D eigenvalue weighted by atomic mass is 10.2. The number of nitrogens with two attached hydrogens (primary N) is 1. The Kier molecular flexibility index (Phi) is 3.10. The number of halogens is 2. The Morgan fingerprint density at radius 2 is 2.12 bits per heavy atom. The van der Waals surface area contributed by atoms with E-state index in [0.29, 0.717) is 11.4 Å². The van der Waals surface area contributed by atoms with Crippen molar-refractivity contribution in [2.24, 2.45) is 0 Å². The minimum atomic E-state index is -0.760. The van der Waals surface area contributed by atoms with E-state index >= 15 is 0 Å². The van der Waals surface area contributed by atoms with Gasteiger partial charge in [0.25, 0.3) is 0 Å². The third-order valence-corrected chi connectivity index (χ3v) is 2.62. The quantitative estimate of drug-likeness (QED) is 0.637. The van der Waals surface area contributed by atoms with Crippen LogP contribution >= 0.6 is 11.6 Å². The number of benzene rings is 1. The maximum atomic E-state index is 13.1. The molecule has 0 aliphatic rings. The second-order valence-corrected chi connectivity index (χ2v) is 3.90. The van der Waals surface area contributed by atoms with Gasteiger partial charge in [0, 0.05) is 11.4 Å². The van der Waals surface area contributed by atoms with Gasteiger partial charge in [-0.3, -0.25) is 0 Å². The molecule has 0 radical (unpaired) electrons. The molecule has 1 heterocycles. The van der Waals surface area contributed by atoms with Crippen LogP contribution in [-0.4, -0.2) is 9.97 Å². The molecule has 0 saturated heterocycles. The molecule has 2 rings (SSSR count). The topological polar surface area (TPSA) is 63.8 Å². The molecule has 88 valence electrons. The molecule has 0 spiro atoms. The lowest BCUT2D eigenvalue weighted by Gasteiger charge is -2.08. The molecule has 17 heavy (non-hydrogen) atoms. The van der Waals surface area contributed by atoms with Crippen LogP contribution in [0.2, 0.25) is 5.02 Å². The predicted octanol–water partition coefficient (Wildman–Crippen LogP) is 2.90. The second-order valence-electron chi connectivity index (χ2n) is 3.52. The van der Waals surface area contributed by atoms with Crippen molar-refractivity contribution >= 4 is 28.8 Å². The van der Waals surface area contributed by atoms with Crippen molar-refractivity contribution in [2.45, 2.75) is 6.92 Å². The van der Waals surface area contributed by atoms with E-state index in [-0.39, 0.29) is 10.8 Å². The monoisotopic (exact) mass is 252 g/mol. The molecule has 0 saturated carbocycles. The fraction of sp³-hybridized carbons (Fsp3) is 0.0909. The van der Waals surface area contributed by atoms with E-state index in [1.807, 2.05) is 19.1 Å². The molecule has 0 unspecified atom stereocenters. The van der Waals surface area contributed by atoms with Gasteiger partial charge in [-0.25, -0.2) is 9.97 Å². The standard InChI is InChI=1S/C11H10ClFN4/c1-6-2-3-7(4-8(6)14)17-11-9(12)10(13)15-5-16-11/h2-5H,14H2,1H3,(H,15,16,17). The minimum absolute atomic E-state index is 0.147. The number of hydrogen-bond acceptors (Lipinski definition) is 4. The summed E-state index contributed by atoms with van der Waals surface area (Å²) in [5.74, 6) is -0.549. The van der Waals surface area contributed by atoms with Crippen molar-refractivity contribution < 1.29 is 4.39 Å². The maximum Gasteiger partial charge on any atom is 0.236 e. The Bertz CT molecular complexity index is 559. The average molecular weight is 253 g/mol. The van der Waals surface area contributed by atoms with Gasteiger partial charge in [0.05, 0.1) is 0 Å². The largest absolute Gasteiger partial charge is 0.398 e. The van der Waals surface area contributed by atoms with Crippen LogP contribution in [0.4, 0.5) is 21.6 Å². The first kappa shape index (κ1) is 11.6. The smallest absolute Gasteiger partial charge is 0.236 e. The lowest BCUT2D eigenvalue weighted by molar-refractivity contribution is 0.581. The van der Waals surface area contributed by atoms with Gasteiger partial charge >= 0.3 is 0 Å². The van der Waals surface area contributed by atoms with Crippen LogP contribution in [0.5, 0.6) is 0 Å². The van der Waals surface area contributed by atoms with Gasteiger partial charge in [-0.05, 0) is 24.6 Å². The molecule has 0 fully saturated rings. The summed E-state index contributed by atoms with van der Waals surface area (Å²) in [6.45, 7) is 1.90. The predicted molar refractivity (Wildman–Crippen MR) is 65.9 cm³/mol. The number of rotatable bonds is 2. The summed E-state index contributed by atoms with van der Waals surface area (Å²) in [6.07, 6.45) is 1.10. The second kappa shape index (κ2) is 4.55. The Morgan fingerprint density at radius 1 is 1.35 bits per heavy atom. The first-order valence-electron chi connectivity index (χ1n) is 4.87. The van der Waals surface area contributed by atoms with Gasteiger partial charge in [0.1, 0.15) is 11.3 Å². The normalized spacial score (nSPS) is 10.3. The SMILES string of the molecule is Cc1ccc(Nc2ncnc(F)c2Cl)cc1N. The molecule has 0 bridgehead atoms. The highest BCUT2D eigenvalue weighted by molar-refractivity contribution is 6.33. The van der Waals surface area contributed by atoms with Crippen LogP contribution in [0.1, 0.15) is 5.56 Å². The van der Waals surface area contributed by atoms with E-state index in [2.05, 4.69) is 15.3 Å². The van der Waals surface area contributed by atoms with Crippen LogP contribution in [0.25, 0.3) is 0 Å². The molecule has 4 nitrogen and oxygen atoms in total. The zero-order valence-electron chi connectivity index (χ0n) is 9.04. The number of aryl methyl sites for hydroxylation is 1. The van der Waals surface area contributed by atoms with Gasteiger partial charge in [-0.2, -0.15) is 4.39 Å². The highest BCUT2D eigenvalue weighted by atomic mass is 35.5. The minimum Gasteiger partial charge on any atom is -0.398 e. The Labute approximate surface area is 103 Å². The Hall–Kier alpha value is -1.88. The van der Waals surface area contributed by atoms with Crippen molar-refractivity contribution in [3.63, 3.8) is 0 Å². The molecular formula is C11H10ClFN4. The molecule has 0 atom stereocenters. The molecule has 2 aromatic rings. The van der Waals surface area contributed by atoms with Crippen molar-refractivity contribution in [3.8, 4) is 0 Å². The fourth-order valence-corrected chi connectivity index (χ4v) is 1.44. The van der Waals surface area contributed by atoms with Crippen LogP contribution in [0.3, 0.4) is 0 Å². The number of aromatic nitrogens is 2. The van der Waals surface area contributed by atoms with Crippen LogP contribution in [0.15, 0.2) is 24.5 Å². The van der Waals surface area contributed by atoms with E-state index in [0.717, 1.165) is 11.9 Å². The zero-order valence-corrected chi connectivity index (χ0v) is 9.79. The third kappa shape index (κ3) is 2.45. The van der Waals surface area contributed by atoms with E-state index in [4.69, 9.17) is 17.3 Å². The summed E-state index contributed by atoms with van der Waals surface area (Å²) in [7, 11) is 0. The van der Waals surface area contributed by atoms with Crippen molar-refractivity contribution in [2.75, 3.05) is 11.1 Å². The highest BCUT2D eigenvalue weighted by Crippen LogP contribution is 2.25. The maximum absolute atomic E-state index is 13.1. The van der Waals surface area contributed by atoms with Crippen LogP contribution in [-0.2, 0) is 0 Å². The summed E-state index contributed by atoms with van der Waals surface area (Å²) < 4.78 is 13.1. The first-order valence-corrected chi connectivity index (χ1v) is 5.25. The average Bonchev–Trinajstić information content (AvgIpc) is 2.30. The van der Waals surface area contributed by atoms with Crippen molar-refractivity contribution in [1.82, 2.24) is 9.97 Å². The molecule has 1 aromatic heterocycles. The van der Waals surface area contributed by atoms with E-state index in [1.54, 1.807) is 6.07 Å². The van der Waals surface area contributed by atoms with Crippen LogP contribution < -0.4 is 11.1 Å². The Balaban J connectivity index is 2.31. The lowest BCUT2D eigenvalue weighted by Crippen LogP contribution is -1.99. The number of hydrogen-bond donors (Lipinski definition) is 2. The van der Waals surface area contributed by atoms with Gasteiger partial charge in [-0.15, -0.1) is 0 Å². The van der Waals surface area contributed by atoms with Gasteiger partial charge in [0.15, 0.2) is 5.82 Å². The number of nitrogens with zero attached hydrogens (tertiary/aromatic N) is 2. The number of nitrogen functional groups attached to an aromatic ring is 1. The summed E-state index contributed by atoms with van der Waals surface area (Å²) in [4.78, 5) is 7.19. The molecule has 1 aromatic carbocycles. The fourth-order valence-electron chi connectivity index (χ4n) is 1.29. The van der Waals surface area contributed by atoms with Crippen molar-refractivity contribution in [3.05, 3.63) is 41.1 Å². The summed E-state index contributed by atoms with van der Waals surface area (Å²) in [6, 6.07) is 5.39. The number of anilines is 3. The molecular weight excluding hydrogens is 243 g/mol. The molecule has 6 heteroatoms.